The Balaban J connectivity index is 1.18. The lowest BCUT2D eigenvalue weighted by Gasteiger charge is -2.49. The Morgan fingerprint density at radius 3 is 2.59 bits per heavy atom. The highest BCUT2D eigenvalue weighted by atomic mass is 32.2. The fourth-order valence-electron chi connectivity index (χ4n) is 4.02. The van der Waals surface area contributed by atoms with Gasteiger partial charge in [-0.25, -0.2) is 4.79 Å². The fourth-order valence-corrected chi connectivity index (χ4v) is 7.32. The maximum Gasteiger partial charge on any atom is 0.352 e. The van der Waals surface area contributed by atoms with Gasteiger partial charge in [0.25, 0.3) is 11.8 Å². The average Bonchev–Trinajstić information content (AvgIpc) is 3.58. The topological polar surface area (TPSA) is 144 Å². The van der Waals surface area contributed by atoms with Gasteiger partial charge in [0.1, 0.15) is 46.0 Å². The van der Waals surface area contributed by atoms with Crippen molar-refractivity contribution in [3.05, 3.63) is 64.2 Å². The first-order valence-electron chi connectivity index (χ1n) is 11.9. The average molecular weight is 589 g/mol. The van der Waals surface area contributed by atoms with Crippen LogP contribution in [0.2, 0.25) is 0 Å². The fraction of sp³-hybridized carbons (Fsp3) is 0.320. The molecule has 2 atom stereocenters. The molecule has 4 heterocycles. The smallest absolute Gasteiger partial charge is 0.352 e. The van der Waals surface area contributed by atoms with Gasteiger partial charge in [-0.1, -0.05) is 23.1 Å². The van der Waals surface area contributed by atoms with E-state index in [9.17, 15) is 19.5 Å². The minimum absolute atomic E-state index is 0.0327. The van der Waals surface area contributed by atoms with Gasteiger partial charge in [0.15, 0.2) is 10.1 Å². The Hall–Kier alpha value is -3.49. The first-order chi connectivity index (χ1) is 18.8. The summed E-state index contributed by atoms with van der Waals surface area (Å²) < 4.78 is 17.5. The molecule has 0 aliphatic carbocycles. The number of hydrogen-bond acceptors (Lipinski definition) is 11. The maximum absolute atomic E-state index is 12.9. The molecule has 2 aliphatic rings. The number of aliphatic carboxylic acids is 1. The molecule has 5 rings (SSSR count). The van der Waals surface area contributed by atoms with Gasteiger partial charge in [-0.2, -0.15) is 0 Å². The van der Waals surface area contributed by atoms with Crippen molar-refractivity contribution < 1.29 is 33.4 Å². The summed E-state index contributed by atoms with van der Waals surface area (Å²) in [5.74, 6) is 0.418. The summed E-state index contributed by atoms with van der Waals surface area (Å²) in [6.45, 7) is 4.44. The number of carbonyl (C=O) groups is 3. The van der Waals surface area contributed by atoms with Crippen molar-refractivity contribution in [1.82, 2.24) is 20.4 Å². The number of fused-ring (bicyclic) bond motifs is 1. The van der Waals surface area contributed by atoms with E-state index in [1.54, 1.807) is 30.3 Å². The van der Waals surface area contributed by atoms with Gasteiger partial charge >= 0.3 is 5.97 Å². The lowest BCUT2D eigenvalue weighted by atomic mass is 10.0. The second-order valence-corrected chi connectivity index (χ2v) is 12.0. The second kappa shape index (κ2) is 11.7. The summed E-state index contributed by atoms with van der Waals surface area (Å²) in [5, 5.41) is 20.9. The molecule has 14 heteroatoms. The maximum atomic E-state index is 12.9. The number of ether oxygens (including phenoxy) is 2. The van der Waals surface area contributed by atoms with E-state index in [1.165, 1.54) is 45.8 Å². The van der Waals surface area contributed by atoms with Crippen LogP contribution in [0.4, 0.5) is 0 Å². The van der Waals surface area contributed by atoms with Crippen LogP contribution in [0.15, 0.2) is 56.4 Å². The first-order valence-corrected chi connectivity index (χ1v) is 14.8. The number of amides is 2. The van der Waals surface area contributed by atoms with E-state index in [4.69, 9.17) is 13.9 Å². The normalized spacial score (nSPS) is 18.4. The van der Waals surface area contributed by atoms with Gasteiger partial charge in [0, 0.05) is 11.5 Å². The van der Waals surface area contributed by atoms with Gasteiger partial charge in [0.05, 0.1) is 6.61 Å². The summed E-state index contributed by atoms with van der Waals surface area (Å²) in [5.41, 5.74) is 0.595. The molecule has 0 saturated carbocycles. The predicted molar refractivity (Wildman–Crippen MR) is 145 cm³/mol. The third-order valence-corrected chi connectivity index (χ3v) is 9.21. The zero-order valence-electron chi connectivity index (χ0n) is 20.9. The van der Waals surface area contributed by atoms with Gasteiger partial charge < -0.3 is 24.3 Å². The standard InChI is InChI=1S/C25H24N4O7S3/c1-3-34-15-4-6-16(7-5-15)35-10-17-8-9-18(36-17)21(30)26-19-22(31)29-20(24(32)33)14(11-37-23(19)29)12-38-25-28-27-13(2)39-25/h4-9,19,23H,3,10-12H2,1-2H3,(H,26,30)(H,32,33)/t19-,23-/m1/s1. The largest absolute Gasteiger partial charge is 0.494 e. The quantitative estimate of drug-likeness (QED) is 0.251. The number of benzene rings is 1. The summed E-state index contributed by atoms with van der Waals surface area (Å²) in [6, 6.07) is 9.43. The number of carbonyl (C=O) groups excluding carboxylic acids is 2. The Labute approximate surface area is 235 Å². The third kappa shape index (κ3) is 5.92. The first kappa shape index (κ1) is 27.1. The number of nitrogens with zero attached hydrogens (tertiary/aromatic N) is 3. The zero-order chi connectivity index (χ0) is 27.5. The molecule has 1 aromatic carbocycles. The van der Waals surface area contributed by atoms with Gasteiger partial charge in [-0.3, -0.25) is 14.5 Å². The Kier molecular flexibility index (Phi) is 8.14. The summed E-state index contributed by atoms with van der Waals surface area (Å²) >= 11 is 4.23. The molecule has 0 unspecified atom stereocenters. The highest BCUT2D eigenvalue weighted by Gasteiger charge is 2.54. The molecule has 2 amide bonds. The van der Waals surface area contributed by atoms with Crippen molar-refractivity contribution >= 4 is 52.6 Å². The Morgan fingerprint density at radius 2 is 1.92 bits per heavy atom. The number of furan rings is 1. The van der Waals surface area contributed by atoms with Crippen LogP contribution in [0.5, 0.6) is 11.5 Å². The van der Waals surface area contributed by atoms with Crippen LogP contribution < -0.4 is 14.8 Å². The van der Waals surface area contributed by atoms with E-state index < -0.39 is 29.2 Å². The number of carboxylic acid groups (broad SMARTS) is 1. The van der Waals surface area contributed by atoms with Crippen LogP contribution in [0.25, 0.3) is 0 Å². The highest BCUT2D eigenvalue weighted by molar-refractivity contribution is 8.01. The summed E-state index contributed by atoms with van der Waals surface area (Å²) in [6.07, 6.45) is 0. The number of nitrogens with one attached hydrogen (secondary N) is 1. The molecule has 2 aromatic heterocycles. The number of β-lactam (4-membered cyclic amide) rings is 1. The minimum Gasteiger partial charge on any atom is -0.494 e. The van der Waals surface area contributed by atoms with Crippen molar-refractivity contribution in [3.63, 3.8) is 0 Å². The van der Waals surface area contributed by atoms with E-state index in [0.717, 1.165) is 15.1 Å². The molecular formula is C25H24N4O7S3. The molecule has 204 valence electrons. The lowest BCUT2D eigenvalue weighted by Crippen LogP contribution is -2.70. The van der Waals surface area contributed by atoms with Crippen molar-refractivity contribution in [2.45, 2.75) is 36.2 Å². The minimum atomic E-state index is -1.18. The van der Waals surface area contributed by atoms with E-state index in [-0.39, 0.29) is 18.1 Å². The second-order valence-electron chi connectivity index (χ2n) is 8.45. The molecule has 39 heavy (non-hydrogen) atoms. The van der Waals surface area contributed by atoms with Crippen LogP contribution in [-0.4, -0.2) is 67.5 Å². The van der Waals surface area contributed by atoms with Crippen molar-refractivity contribution in [1.29, 1.82) is 0 Å². The molecule has 3 aromatic rings. The van der Waals surface area contributed by atoms with E-state index in [2.05, 4.69) is 15.5 Å². The van der Waals surface area contributed by atoms with E-state index in [0.29, 0.717) is 35.2 Å². The van der Waals surface area contributed by atoms with Crippen molar-refractivity contribution in [2.24, 2.45) is 0 Å². The number of aromatic nitrogens is 2. The number of carboxylic acids is 1. The Bertz CT molecular complexity index is 1420. The number of hydrogen-bond donors (Lipinski definition) is 2. The molecule has 1 fully saturated rings. The Morgan fingerprint density at radius 1 is 1.18 bits per heavy atom. The summed E-state index contributed by atoms with van der Waals surface area (Å²) in [4.78, 5) is 39.1. The molecule has 0 spiro atoms. The zero-order valence-corrected chi connectivity index (χ0v) is 23.4. The monoisotopic (exact) mass is 588 g/mol. The lowest BCUT2D eigenvalue weighted by molar-refractivity contribution is -0.148. The highest BCUT2D eigenvalue weighted by Crippen LogP contribution is 2.42. The van der Waals surface area contributed by atoms with Crippen LogP contribution in [0, 0.1) is 6.92 Å². The van der Waals surface area contributed by atoms with Crippen LogP contribution >= 0.6 is 34.9 Å². The van der Waals surface area contributed by atoms with Crippen molar-refractivity contribution in [2.75, 3.05) is 18.1 Å². The van der Waals surface area contributed by atoms with Gasteiger partial charge in [0.2, 0.25) is 0 Å². The molecule has 0 radical (unpaired) electrons. The molecule has 2 N–H and O–H groups in total. The third-order valence-electron chi connectivity index (χ3n) is 5.82. The van der Waals surface area contributed by atoms with Gasteiger partial charge in [-0.15, -0.1) is 22.0 Å². The molecule has 2 aliphatic heterocycles. The van der Waals surface area contributed by atoms with Crippen LogP contribution in [0.3, 0.4) is 0 Å². The van der Waals surface area contributed by atoms with E-state index in [1.807, 2.05) is 13.8 Å². The van der Waals surface area contributed by atoms with Crippen LogP contribution in [-0.2, 0) is 16.2 Å². The number of aryl methyl sites for hydroxylation is 1. The predicted octanol–water partition coefficient (Wildman–Crippen LogP) is 3.56. The van der Waals surface area contributed by atoms with E-state index >= 15 is 0 Å². The molecule has 0 bridgehead atoms. The molecule has 1 saturated heterocycles. The number of thioether (sulfide) groups is 2. The van der Waals surface area contributed by atoms with Crippen LogP contribution in [0.1, 0.15) is 28.2 Å². The van der Waals surface area contributed by atoms with Crippen molar-refractivity contribution in [3.8, 4) is 11.5 Å². The SMILES string of the molecule is CCOc1ccc(OCc2ccc(C(=O)N[C@@H]3C(=O)N4C(C(=O)O)=C(CSc5nnc(C)s5)CS[C@H]34)o2)cc1. The molecular weight excluding hydrogens is 564 g/mol. The van der Waals surface area contributed by atoms with Gasteiger partial charge in [-0.05, 0) is 55.8 Å². The molecule has 11 nitrogen and oxygen atoms in total. The number of rotatable bonds is 11. The summed E-state index contributed by atoms with van der Waals surface area (Å²) in [7, 11) is 0.